The summed E-state index contributed by atoms with van der Waals surface area (Å²) in [4.78, 5) is 28.9. The van der Waals surface area contributed by atoms with Crippen LogP contribution in [0.2, 0.25) is 10.0 Å². The first-order valence-corrected chi connectivity index (χ1v) is 8.18. The molecular weight excluding hydrogens is 379 g/mol. The highest BCUT2D eigenvalue weighted by atomic mass is 35.5. The second-order valence-electron chi connectivity index (χ2n) is 5.43. The van der Waals surface area contributed by atoms with Crippen molar-refractivity contribution in [1.29, 1.82) is 0 Å². The van der Waals surface area contributed by atoms with E-state index in [0.717, 1.165) is 0 Å². The van der Waals surface area contributed by atoms with Crippen LogP contribution in [0.1, 0.15) is 10.4 Å². The van der Waals surface area contributed by atoms with Gasteiger partial charge in [-0.3, -0.25) is 9.36 Å². The van der Waals surface area contributed by atoms with E-state index in [1.165, 1.54) is 28.6 Å². The van der Waals surface area contributed by atoms with E-state index in [1.807, 2.05) is 0 Å². The van der Waals surface area contributed by atoms with Gasteiger partial charge in [0, 0.05) is 17.4 Å². The number of nitrogens with zero attached hydrogens (tertiary/aromatic N) is 4. The molecule has 0 atom stereocenters. The summed E-state index contributed by atoms with van der Waals surface area (Å²) in [5.41, 5.74) is 1.15. The third-order valence-corrected chi connectivity index (χ3v) is 4.52. The Morgan fingerprint density at radius 1 is 1.19 bits per heavy atom. The van der Waals surface area contributed by atoms with Gasteiger partial charge in [-0.15, -0.1) is 0 Å². The lowest BCUT2D eigenvalue weighted by Crippen LogP contribution is -2.19. The van der Waals surface area contributed by atoms with Crippen molar-refractivity contribution in [2.24, 2.45) is 0 Å². The number of esters is 1. The highest BCUT2D eigenvalue weighted by Gasteiger charge is 2.17. The third kappa shape index (κ3) is 2.44. The normalized spacial score (nSPS) is 11.2. The van der Waals surface area contributed by atoms with Gasteiger partial charge in [-0.2, -0.15) is 5.10 Å². The summed E-state index contributed by atoms with van der Waals surface area (Å²) in [5, 5.41) is 5.31. The molecule has 4 aromatic rings. The molecule has 9 heteroatoms. The van der Waals surface area contributed by atoms with Crippen LogP contribution < -0.4 is 5.56 Å². The number of carbonyl (C=O) groups excluding carboxylic acids is 1. The van der Waals surface area contributed by atoms with E-state index in [-0.39, 0.29) is 11.1 Å². The molecule has 3 aromatic heterocycles. The number of rotatable bonds is 2. The molecule has 0 aliphatic rings. The van der Waals surface area contributed by atoms with Crippen molar-refractivity contribution in [3.8, 4) is 5.69 Å². The van der Waals surface area contributed by atoms with Crippen molar-refractivity contribution < 1.29 is 9.53 Å². The summed E-state index contributed by atoms with van der Waals surface area (Å²) in [6.07, 6.45) is 4.32. The first-order chi connectivity index (χ1) is 12.5. The van der Waals surface area contributed by atoms with E-state index in [9.17, 15) is 9.59 Å². The van der Waals surface area contributed by atoms with Crippen LogP contribution in [-0.4, -0.2) is 32.2 Å². The fourth-order valence-corrected chi connectivity index (χ4v) is 3.11. The predicted molar refractivity (Wildman–Crippen MR) is 97.4 cm³/mol. The quantitative estimate of drug-likeness (QED) is 0.493. The minimum Gasteiger partial charge on any atom is -0.465 e. The van der Waals surface area contributed by atoms with Gasteiger partial charge in [0.1, 0.15) is 5.56 Å². The van der Waals surface area contributed by atoms with Crippen molar-refractivity contribution in [1.82, 2.24) is 19.2 Å². The highest BCUT2D eigenvalue weighted by molar-refractivity contribution is 6.34. The average molecular weight is 389 g/mol. The molecule has 0 saturated heterocycles. The van der Waals surface area contributed by atoms with E-state index in [4.69, 9.17) is 27.9 Å². The molecule has 0 bridgehead atoms. The van der Waals surface area contributed by atoms with E-state index in [2.05, 4.69) is 10.1 Å². The summed E-state index contributed by atoms with van der Waals surface area (Å²) >= 11 is 12.2. The number of hydrogen-bond acceptors (Lipinski definition) is 5. The van der Waals surface area contributed by atoms with Crippen molar-refractivity contribution in [3.05, 3.63) is 68.8 Å². The van der Waals surface area contributed by atoms with Crippen LogP contribution in [0, 0.1) is 0 Å². The maximum Gasteiger partial charge on any atom is 0.343 e. The fourth-order valence-electron chi connectivity index (χ4n) is 2.73. The maximum atomic E-state index is 12.9. The van der Waals surface area contributed by atoms with Crippen LogP contribution in [0.25, 0.3) is 22.2 Å². The molecule has 1 aromatic carbocycles. The number of methoxy groups -OCH3 is 1. The summed E-state index contributed by atoms with van der Waals surface area (Å²) in [6, 6.07) is 6.55. The van der Waals surface area contributed by atoms with Crippen LogP contribution in [-0.2, 0) is 4.74 Å². The number of ether oxygens (including phenoxy) is 1. The van der Waals surface area contributed by atoms with Gasteiger partial charge in [0.05, 0.1) is 34.9 Å². The van der Waals surface area contributed by atoms with Crippen molar-refractivity contribution in [2.75, 3.05) is 7.11 Å². The fraction of sp³-hybridized carbons (Fsp3) is 0.0588. The van der Waals surface area contributed by atoms with Gasteiger partial charge in [-0.05, 0) is 24.3 Å². The number of hydrogen-bond donors (Lipinski definition) is 0. The van der Waals surface area contributed by atoms with Gasteiger partial charge < -0.3 is 4.74 Å². The van der Waals surface area contributed by atoms with Crippen molar-refractivity contribution in [2.45, 2.75) is 0 Å². The summed E-state index contributed by atoms with van der Waals surface area (Å²) in [5.74, 6) is -0.550. The van der Waals surface area contributed by atoms with E-state index in [1.54, 1.807) is 30.5 Å². The molecule has 0 N–H and O–H groups in total. The number of benzene rings is 1. The molecule has 0 radical (unpaired) electrons. The van der Waals surface area contributed by atoms with E-state index >= 15 is 0 Å². The molecule has 7 nitrogen and oxygen atoms in total. The van der Waals surface area contributed by atoms with Gasteiger partial charge in [0.15, 0.2) is 5.65 Å². The Morgan fingerprint density at radius 3 is 2.77 bits per heavy atom. The lowest BCUT2D eigenvalue weighted by Gasteiger charge is -2.10. The molecule has 3 heterocycles. The van der Waals surface area contributed by atoms with Crippen LogP contribution in [0.15, 0.2) is 47.7 Å². The molecule has 26 heavy (non-hydrogen) atoms. The topological polar surface area (TPSA) is 78.5 Å². The largest absolute Gasteiger partial charge is 0.465 e. The molecule has 0 amide bonds. The predicted octanol–water partition coefficient (Wildman–Crippen LogP) is 3.13. The highest BCUT2D eigenvalue weighted by Crippen LogP contribution is 2.24. The zero-order chi connectivity index (χ0) is 18.4. The van der Waals surface area contributed by atoms with Crippen LogP contribution in [0.5, 0.6) is 0 Å². The number of pyridine rings is 1. The zero-order valence-corrected chi connectivity index (χ0v) is 14.8. The maximum absolute atomic E-state index is 12.9. The van der Waals surface area contributed by atoms with Crippen LogP contribution in [0.4, 0.5) is 0 Å². The number of halogens is 2. The molecular formula is C17H10Cl2N4O3. The summed E-state index contributed by atoms with van der Waals surface area (Å²) < 4.78 is 7.52. The van der Waals surface area contributed by atoms with Gasteiger partial charge in [0.25, 0.3) is 5.56 Å². The van der Waals surface area contributed by atoms with Crippen LogP contribution >= 0.6 is 23.2 Å². The molecule has 4 rings (SSSR count). The Morgan fingerprint density at radius 2 is 2.00 bits per heavy atom. The number of fused-ring (bicyclic) bond motifs is 3. The summed E-state index contributed by atoms with van der Waals surface area (Å²) in [6.45, 7) is 0. The van der Waals surface area contributed by atoms with Gasteiger partial charge in [0.2, 0.25) is 0 Å². The molecule has 0 aliphatic carbocycles. The molecule has 130 valence electrons. The van der Waals surface area contributed by atoms with Gasteiger partial charge >= 0.3 is 5.97 Å². The molecule has 0 unspecified atom stereocenters. The second kappa shape index (κ2) is 6.12. The first-order valence-electron chi connectivity index (χ1n) is 7.43. The third-order valence-electron chi connectivity index (χ3n) is 3.97. The molecule has 0 aliphatic heterocycles. The zero-order valence-electron chi connectivity index (χ0n) is 13.3. The first kappa shape index (κ1) is 16.6. The van der Waals surface area contributed by atoms with Crippen molar-refractivity contribution in [3.63, 3.8) is 0 Å². The average Bonchev–Trinajstić information content (AvgIpc) is 3.08. The minimum atomic E-state index is -0.550. The van der Waals surface area contributed by atoms with E-state index < -0.39 is 5.97 Å². The van der Waals surface area contributed by atoms with E-state index in [0.29, 0.717) is 32.3 Å². The monoisotopic (exact) mass is 388 g/mol. The smallest absolute Gasteiger partial charge is 0.343 e. The lowest BCUT2D eigenvalue weighted by molar-refractivity contribution is 0.0602. The van der Waals surface area contributed by atoms with Gasteiger partial charge in [-0.1, -0.05) is 23.2 Å². The number of aromatic nitrogens is 4. The molecule has 0 fully saturated rings. The minimum absolute atomic E-state index is 0.219. The Balaban J connectivity index is 2.00. The Bertz CT molecular complexity index is 1250. The Labute approximate surface area is 156 Å². The standard InChI is InChI=1S/C17H10Cl2N4O3/c1-26-17(25)11-8-21-23-13-4-5-22(14-6-9(18)2-3-12(14)19)16(24)10(13)7-20-15(11)23/h2-8H,1H3. The Hall–Kier alpha value is -2.90. The van der Waals surface area contributed by atoms with Gasteiger partial charge in [-0.25, -0.2) is 14.3 Å². The number of carbonyl (C=O) groups is 1. The van der Waals surface area contributed by atoms with Crippen molar-refractivity contribution >= 4 is 45.7 Å². The van der Waals surface area contributed by atoms with Crippen LogP contribution in [0.3, 0.4) is 0 Å². The molecule has 0 spiro atoms. The summed E-state index contributed by atoms with van der Waals surface area (Å²) in [7, 11) is 1.28. The molecule has 0 saturated carbocycles. The Kier molecular flexibility index (Phi) is 3.90. The second-order valence-corrected chi connectivity index (χ2v) is 6.27. The SMILES string of the molecule is COC(=O)c1cnn2c1ncc1c(=O)n(-c3cc(Cl)ccc3Cl)ccc12. The lowest BCUT2D eigenvalue weighted by atomic mass is 10.2.